The summed E-state index contributed by atoms with van der Waals surface area (Å²) in [6, 6.07) is 13.2. The summed E-state index contributed by atoms with van der Waals surface area (Å²) in [7, 11) is 1.43. The topological polar surface area (TPSA) is 142 Å². The van der Waals surface area contributed by atoms with E-state index in [2.05, 4.69) is 20.6 Å². The number of methoxy groups -OCH3 is 1. The van der Waals surface area contributed by atoms with Crippen LogP contribution in [0.5, 0.6) is 5.75 Å². The number of pyridine rings is 1. The summed E-state index contributed by atoms with van der Waals surface area (Å²) in [5.74, 6) is -0.363. The molecular weight excluding hydrogens is 458 g/mol. The second-order valence-corrected chi connectivity index (χ2v) is 9.35. The summed E-state index contributed by atoms with van der Waals surface area (Å²) in [5, 5.41) is 26.9. The fourth-order valence-corrected chi connectivity index (χ4v) is 3.75. The van der Waals surface area contributed by atoms with Gasteiger partial charge in [0.2, 0.25) is 0 Å². The first-order valence-corrected chi connectivity index (χ1v) is 11.3. The van der Waals surface area contributed by atoms with Crippen LogP contribution in [-0.2, 0) is 11.8 Å². The minimum absolute atomic E-state index is 0.153. The van der Waals surface area contributed by atoms with Crippen LogP contribution >= 0.6 is 0 Å². The third kappa shape index (κ3) is 5.80. The van der Waals surface area contributed by atoms with E-state index in [1.807, 2.05) is 58.0 Å². The molecule has 0 fully saturated rings. The van der Waals surface area contributed by atoms with Crippen LogP contribution in [0.15, 0.2) is 59.0 Å². The second kappa shape index (κ2) is 10.9. The van der Waals surface area contributed by atoms with Gasteiger partial charge in [-0.15, -0.1) is 5.16 Å². The normalized spacial score (nSPS) is 12.1. The van der Waals surface area contributed by atoms with Crippen LogP contribution in [-0.4, -0.2) is 40.5 Å². The molecule has 0 aliphatic rings. The zero-order valence-electron chi connectivity index (χ0n) is 21.0. The van der Waals surface area contributed by atoms with Gasteiger partial charge in [0.05, 0.1) is 30.1 Å². The molecule has 0 aliphatic carbocycles. The molecule has 0 radical (unpaired) electrons. The average molecular weight is 490 g/mol. The summed E-state index contributed by atoms with van der Waals surface area (Å²) in [6.45, 7) is 7.91. The molecule has 0 unspecified atom stereocenters. The number of hydrogen-bond acceptors (Lipinski definition) is 7. The molecule has 1 heterocycles. The molecular formula is C27H31N5O4. The predicted octanol–water partition coefficient (Wildman–Crippen LogP) is 4.71. The van der Waals surface area contributed by atoms with Gasteiger partial charge in [-0.2, -0.15) is 0 Å². The smallest absolute Gasteiger partial charge is 0.259 e. The lowest BCUT2D eigenvalue weighted by Gasteiger charge is -2.23. The third-order valence-corrected chi connectivity index (χ3v) is 5.81. The van der Waals surface area contributed by atoms with Crippen molar-refractivity contribution in [2.24, 2.45) is 16.0 Å². The van der Waals surface area contributed by atoms with E-state index in [1.54, 1.807) is 18.3 Å². The van der Waals surface area contributed by atoms with Crippen molar-refractivity contribution in [2.45, 2.75) is 39.5 Å². The Balaban J connectivity index is 1.99. The number of nitrogens with zero attached hydrogens (tertiary/aromatic N) is 3. The maximum atomic E-state index is 13.4. The number of aromatic nitrogens is 1. The van der Waals surface area contributed by atoms with E-state index in [-0.39, 0.29) is 22.6 Å². The number of carbonyl (C=O) groups excluding carboxylic acids is 1. The van der Waals surface area contributed by atoms with Gasteiger partial charge in [0, 0.05) is 23.9 Å². The zero-order valence-corrected chi connectivity index (χ0v) is 21.0. The lowest BCUT2D eigenvalue weighted by atomic mass is 9.84. The van der Waals surface area contributed by atoms with Gasteiger partial charge >= 0.3 is 0 Å². The van der Waals surface area contributed by atoms with Crippen molar-refractivity contribution in [1.82, 2.24) is 4.98 Å². The lowest BCUT2D eigenvalue weighted by Crippen LogP contribution is -2.22. The standard InChI is InChI=1S/C27H31N5O4/c1-16-21(18-8-6-17(7-9-18)10-11-30-34)14-20(15-29-16)31-26(33)23-13-19(27(2,3)4)12-22(24(23)36-5)25(28)32-35/h6-9,11-15,34-35H,10H2,1-5H3,(H2,28,32)(H,31,33). The van der Waals surface area contributed by atoms with E-state index in [0.717, 1.165) is 27.9 Å². The highest BCUT2D eigenvalue weighted by Crippen LogP contribution is 2.33. The second-order valence-electron chi connectivity index (χ2n) is 9.35. The number of anilines is 1. The van der Waals surface area contributed by atoms with Crippen molar-refractivity contribution in [3.05, 3.63) is 76.6 Å². The quantitative estimate of drug-likeness (QED) is 0.164. The summed E-state index contributed by atoms with van der Waals surface area (Å²) < 4.78 is 5.50. The van der Waals surface area contributed by atoms with Gasteiger partial charge in [-0.3, -0.25) is 9.78 Å². The van der Waals surface area contributed by atoms with Crippen molar-refractivity contribution in [1.29, 1.82) is 0 Å². The van der Waals surface area contributed by atoms with Gasteiger partial charge < -0.3 is 26.2 Å². The number of rotatable bonds is 7. The first-order valence-electron chi connectivity index (χ1n) is 11.3. The highest BCUT2D eigenvalue weighted by atomic mass is 16.5. The summed E-state index contributed by atoms with van der Waals surface area (Å²) >= 11 is 0. The summed E-state index contributed by atoms with van der Waals surface area (Å²) in [5.41, 5.74) is 11.1. The van der Waals surface area contributed by atoms with Gasteiger partial charge in [0.25, 0.3) is 5.91 Å². The number of nitrogens with two attached hydrogens (primary N) is 1. The van der Waals surface area contributed by atoms with E-state index in [4.69, 9.17) is 15.7 Å². The van der Waals surface area contributed by atoms with Crippen molar-refractivity contribution < 1.29 is 19.9 Å². The number of amides is 1. The summed E-state index contributed by atoms with van der Waals surface area (Å²) in [4.78, 5) is 17.9. The van der Waals surface area contributed by atoms with E-state index in [1.165, 1.54) is 13.3 Å². The van der Waals surface area contributed by atoms with Gasteiger partial charge in [-0.05, 0) is 47.2 Å². The largest absolute Gasteiger partial charge is 0.495 e. The molecule has 2 aromatic carbocycles. The molecule has 1 amide bonds. The highest BCUT2D eigenvalue weighted by Gasteiger charge is 2.25. The Morgan fingerprint density at radius 3 is 2.39 bits per heavy atom. The minimum atomic E-state index is -0.416. The molecule has 9 nitrogen and oxygen atoms in total. The molecule has 1 aromatic heterocycles. The Morgan fingerprint density at radius 2 is 1.81 bits per heavy atom. The molecule has 0 atom stereocenters. The van der Waals surface area contributed by atoms with Crippen molar-refractivity contribution >= 4 is 23.6 Å². The van der Waals surface area contributed by atoms with Crippen LogP contribution in [0.3, 0.4) is 0 Å². The minimum Gasteiger partial charge on any atom is -0.495 e. The number of aryl methyl sites for hydroxylation is 1. The van der Waals surface area contributed by atoms with Crippen LogP contribution in [0.4, 0.5) is 5.69 Å². The van der Waals surface area contributed by atoms with Gasteiger partial charge in [-0.25, -0.2) is 0 Å². The number of carbonyl (C=O) groups is 1. The molecule has 0 aliphatic heterocycles. The first kappa shape index (κ1) is 26.2. The average Bonchev–Trinajstić information content (AvgIpc) is 2.87. The first-order chi connectivity index (χ1) is 17.1. The van der Waals surface area contributed by atoms with Crippen molar-refractivity contribution in [3.8, 4) is 16.9 Å². The van der Waals surface area contributed by atoms with Gasteiger partial charge in [0.15, 0.2) is 5.84 Å². The molecule has 36 heavy (non-hydrogen) atoms. The monoisotopic (exact) mass is 489 g/mol. The van der Waals surface area contributed by atoms with Crippen LogP contribution in [0, 0.1) is 6.92 Å². The number of oxime groups is 2. The number of hydrogen-bond donors (Lipinski definition) is 4. The predicted molar refractivity (Wildman–Crippen MR) is 141 cm³/mol. The van der Waals surface area contributed by atoms with E-state index >= 15 is 0 Å². The molecule has 3 aromatic rings. The zero-order chi connectivity index (χ0) is 26.5. The molecule has 9 heteroatoms. The van der Waals surface area contributed by atoms with Crippen molar-refractivity contribution in [3.63, 3.8) is 0 Å². The highest BCUT2D eigenvalue weighted by molar-refractivity contribution is 6.10. The van der Waals surface area contributed by atoms with Crippen LogP contribution in [0.2, 0.25) is 0 Å². The van der Waals surface area contributed by atoms with E-state index in [9.17, 15) is 10.0 Å². The number of nitrogens with one attached hydrogen (secondary N) is 1. The Labute approximate surface area is 210 Å². The fraction of sp³-hybridized carbons (Fsp3) is 0.259. The molecule has 0 spiro atoms. The Morgan fingerprint density at radius 1 is 1.14 bits per heavy atom. The van der Waals surface area contributed by atoms with Crippen LogP contribution < -0.4 is 15.8 Å². The molecule has 0 saturated carbocycles. The molecule has 0 bridgehead atoms. The number of amidine groups is 1. The fourth-order valence-electron chi connectivity index (χ4n) is 3.75. The maximum Gasteiger partial charge on any atom is 0.259 e. The SMILES string of the molecule is COc1c(C(=O)Nc2cnc(C)c(-c3ccc(CC=NO)cc3)c2)cc(C(C)(C)C)cc1C(N)=NO. The maximum absolute atomic E-state index is 13.4. The summed E-state index contributed by atoms with van der Waals surface area (Å²) in [6.07, 6.45) is 3.53. The van der Waals surface area contributed by atoms with Crippen LogP contribution in [0.25, 0.3) is 11.1 Å². The Kier molecular flexibility index (Phi) is 7.93. The molecule has 3 rings (SSSR count). The van der Waals surface area contributed by atoms with E-state index in [0.29, 0.717) is 17.7 Å². The van der Waals surface area contributed by atoms with Crippen LogP contribution in [0.1, 0.15) is 53.5 Å². The third-order valence-electron chi connectivity index (χ3n) is 5.81. The Hall–Kier alpha value is -4.40. The lowest BCUT2D eigenvalue weighted by molar-refractivity contribution is 0.102. The molecule has 5 N–H and O–H groups in total. The number of ether oxygens (including phenoxy) is 1. The Bertz CT molecular complexity index is 1310. The van der Waals surface area contributed by atoms with Gasteiger partial charge in [-0.1, -0.05) is 50.2 Å². The van der Waals surface area contributed by atoms with E-state index < -0.39 is 5.91 Å². The van der Waals surface area contributed by atoms with Crippen molar-refractivity contribution in [2.75, 3.05) is 12.4 Å². The molecule has 0 saturated heterocycles. The molecule has 188 valence electrons. The number of benzene rings is 2. The van der Waals surface area contributed by atoms with Gasteiger partial charge in [0.1, 0.15) is 5.75 Å².